The lowest BCUT2D eigenvalue weighted by molar-refractivity contribution is -0.274. The number of rotatable bonds is 6. The van der Waals surface area contributed by atoms with Crippen molar-refractivity contribution in [2.45, 2.75) is 12.9 Å². The molecule has 0 heterocycles. The predicted octanol–water partition coefficient (Wildman–Crippen LogP) is 2.32. The quantitative estimate of drug-likeness (QED) is 0.785. The molecule has 3 nitrogen and oxygen atoms in total. The zero-order valence-corrected chi connectivity index (χ0v) is 9.38. The van der Waals surface area contributed by atoms with Crippen molar-refractivity contribution in [1.82, 2.24) is 5.32 Å². The van der Waals surface area contributed by atoms with Crippen LogP contribution in [-0.4, -0.2) is 26.6 Å². The Morgan fingerprint density at radius 3 is 2.59 bits per heavy atom. The highest BCUT2D eigenvalue weighted by atomic mass is 19.4. The first kappa shape index (κ1) is 13.8. The number of benzene rings is 1. The maximum Gasteiger partial charge on any atom is 0.573 e. The minimum absolute atomic E-state index is 0.176. The Bertz CT molecular complexity index is 342. The number of hydrogen-bond donors (Lipinski definition) is 1. The highest BCUT2D eigenvalue weighted by Crippen LogP contribution is 2.25. The molecule has 0 radical (unpaired) electrons. The summed E-state index contributed by atoms with van der Waals surface area (Å²) in [5.74, 6) is -0.176. The third kappa shape index (κ3) is 5.55. The summed E-state index contributed by atoms with van der Waals surface area (Å²) in [5, 5.41) is 2.96. The van der Waals surface area contributed by atoms with Gasteiger partial charge in [-0.25, -0.2) is 0 Å². The van der Waals surface area contributed by atoms with Gasteiger partial charge in [0.25, 0.3) is 0 Å². The fraction of sp³-hybridized carbons (Fsp3) is 0.455. The molecular weight excluding hydrogens is 235 g/mol. The van der Waals surface area contributed by atoms with Gasteiger partial charge < -0.3 is 14.8 Å². The topological polar surface area (TPSA) is 30.5 Å². The number of nitrogens with one attached hydrogen (secondary N) is 1. The van der Waals surface area contributed by atoms with Crippen LogP contribution >= 0.6 is 0 Å². The smallest absolute Gasteiger partial charge is 0.405 e. The van der Waals surface area contributed by atoms with Gasteiger partial charge in [0.15, 0.2) is 0 Å². The second-order valence-corrected chi connectivity index (χ2v) is 3.33. The van der Waals surface area contributed by atoms with Crippen molar-refractivity contribution in [2.75, 3.05) is 20.3 Å². The molecule has 1 aromatic rings. The van der Waals surface area contributed by atoms with E-state index in [-0.39, 0.29) is 5.75 Å². The van der Waals surface area contributed by atoms with Crippen molar-refractivity contribution in [2.24, 2.45) is 0 Å². The van der Waals surface area contributed by atoms with Crippen LogP contribution in [0.1, 0.15) is 5.56 Å². The van der Waals surface area contributed by atoms with Gasteiger partial charge in [0.05, 0.1) is 6.61 Å². The molecule has 96 valence electrons. The molecule has 0 atom stereocenters. The van der Waals surface area contributed by atoms with E-state index in [4.69, 9.17) is 4.74 Å². The van der Waals surface area contributed by atoms with Crippen molar-refractivity contribution >= 4 is 0 Å². The summed E-state index contributed by atoms with van der Waals surface area (Å²) in [6.45, 7) is 1.37. The summed E-state index contributed by atoms with van der Waals surface area (Å²) in [4.78, 5) is 0. The molecule has 0 aliphatic carbocycles. The largest absolute Gasteiger partial charge is 0.573 e. The lowest BCUT2D eigenvalue weighted by Gasteiger charge is -2.13. The number of alkyl halides is 3. The van der Waals surface area contributed by atoms with E-state index in [1.807, 2.05) is 0 Å². The first-order chi connectivity index (χ1) is 8.03. The van der Waals surface area contributed by atoms with Crippen LogP contribution in [0.3, 0.4) is 0 Å². The second-order valence-electron chi connectivity index (χ2n) is 3.33. The fourth-order valence-electron chi connectivity index (χ4n) is 1.27. The number of halogens is 3. The van der Waals surface area contributed by atoms with Crippen LogP contribution in [0.15, 0.2) is 24.3 Å². The van der Waals surface area contributed by atoms with Gasteiger partial charge in [0.1, 0.15) is 5.75 Å². The molecule has 0 saturated heterocycles. The fourth-order valence-corrected chi connectivity index (χ4v) is 1.27. The van der Waals surface area contributed by atoms with Crippen LogP contribution in [0, 0.1) is 0 Å². The molecule has 1 N–H and O–H groups in total. The van der Waals surface area contributed by atoms with E-state index in [1.54, 1.807) is 19.2 Å². The van der Waals surface area contributed by atoms with Crippen molar-refractivity contribution in [1.29, 1.82) is 0 Å². The predicted molar refractivity (Wildman–Crippen MR) is 56.7 cm³/mol. The third-order valence-corrected chi connectivity index (χ3v) is 2.00. The molecule has 6 heteroatoms. The van der Waals surface area contributed by atoms with Crippen LogP contribution in [0.5, 0.6) is 5.75 Å². The standard InChI is InChI=1S/C11H14F3NO2/c1-16-7-6-15-8-9-4-2-3-5-10(9)17-11(12,13)14/h2-5,15H,6-8H2,1H3. The summed E-state index contributed by atoms with van der Waals surface area (Å²) in [7, 11) is 1.56. The molecule has 0 aliphatic rings. The summed E-state index contributed by atoms with van der Waals surface area (Å²) < 4.78 is 45.0. The molecule has 1 rings (SSSR count). The first-order valence-electron chi connectivity index (χ1n) is 5.06. The summed E-state index contributed by atoms with van der Waals surface area (Å²) in [6, 6.07) is 6.04. The average Bonchev–Trinajstić information content (AvgIpc) is 2.24. The van der Waals surface area contributed by atoms with Crippen molar-refractivity contribution in [3.63, 3.8) is 0 Å². The van der Waals surface area contributed by atoms with Gasteiger partial charge in [-0.15, -0.1) is 13.2 Å². The Morgan fingerprint density at radius 2 is 1.94 bits per heavy atom. The van der Waals surface area contributed by atoms with E-state index < -0.39 is 6.36 Å². The molecule has 0 fully saturated rings. The molecule has 0 spiro atoms. The van der Waals surface area contributed by atoms with Gasteiger partial charge in [0.2, 0.25) is 0 Å². The van der Waals surface area contributed by atoms with Crippen molar-refractivity contribution < 1.29 is 22.6 Å². The number of ether oxygens (including phenoxy) is 2. The third-order valence-electron chi connectivity index (χ3n) is 2.00. The van der Waals surface area contributed by atoms with E-state index >= 15 is 0 Å². The number of methoxy groups -OCH3 is 1. The van der Waals surface area contributed by atoms with Crippen molar-refractivity contribution in [3.8, 4) is 5.75 Å². The average molecular weight is 249 g/mol. The molecule has 17 heavy (non-hydrogen) atoms. The first-order valence-corrected chi connectivity index (χ1v) is 5.06. The highest BCUT2D eigenvalue weighted by molar-refractivity contribution is 5.33. The van der Waals surface area contributed by atoms with Crippen molar-refractivity contribution in [3.05, 3.63) is 29.8 Å². The summed E-state index contributed by atoms with van der Waals surface area (Å²) in [5.41, 5.74) is 0.459. The van der Waals surface area contributed by atoms with E-state index in [9.17, 15) is 13.2 Å². The molecule has 0 unspecified atom stereocenters. The van der Waals surface area contributed by atoms with E-state index in [0.717, 1.165) is 0 Å². The zero-order valence-electron chi connectivity index (χ0n) is 9.38. The Morgan fingerprint density at radius 1 is 1.24 bits per heavy atom. The SMILES string of the molecule is COCCNCc1ccccc1OC(F)(F)F. The van der Waals surface area contributed by atoms with Crippen LogP contribution in [0.25, 0.3) is 0 Å². The van der Waals surface area contributed by atoms with Gasteiger partial charge in [-0.1, -0.05) is 18.2 Å². The van der Waals surface area contributed by atoms with Gasteiger partial charge >= 0.3 is 6.36 Å². The summed E-state index contributed by atoms with van der Waals surface area (Å²) >= 11 is 0. The molecule has 1 aromatic carbocycles. The molecule has 0 bridgehead atoms. The van der Waals surface area contributed by atoms with Crippen LogP contribution in [-0.2, 0) is 11.3 Å². The molecule has 0 amide bonds. The Hall–Kier alpha value is -1.27. The van der Waals surface area contributed by atoms with E-state index in [1.165, 1.54) is 12.1 Å². The van der Waals surface area contributed by atoms with Crippen LogP contribution in [0.2, 0.25) is 0 Å². The minimum Gasteiger partial charge on any atom is -0.405 e. The Labute approximate surface area is 97.5 Å². The molecule has 0 aromatic heterocycles. The molecule has 0 saturated carbocycles. The normalized spacial score (nSPS) is 11.5. The Kier molecular flexibility index (Phi) is 5.24. The van der Waals surface area contributed by atoms with Crippen LogP contribution in [0.4, 0.5) is 13.2 Å². The highest BCUT2D eigenvalue weighted by Gasteiger charge is 2.31. The monoisotopic (exact) mass is 249 g/mol. The minimum atomic E-state index is -4.66. The number of hydrogen-bond acceptors (Lipinski definition) is 3. The maximum atomic E-state index is 12.1. The Balaban J connectivity index is 2.58. The van der Waals surface area contributed by atoms with Gasteiger partial charge in [0, 0.05) is 25.8 Å². The lowest BCUT2D eigenvalue weighted by Crippen LogP contribution is -2.21. The van der Waals surface area contributed by atoms with E-state index in [0.29, 0.717) is 25.3 Å². The second kappa shape index (κ2) is 6.46. The van der Waals surface area contributed by atoms with Gasteiger partial charge in [-0.2, -0.15) is 0 Å². The zero-order chi connectivity index (χ0) is 12.7. The van der Waals surface area contributed by atoms with E-state index in [2.05, 4.69) is 10.1 Å². The number of para-hydroxylation sites is 1. The molecular formula is C11H14F3NO2. The van der Waals surface area contributed by atoms with Gasteiger partial charge in [-0.3, -0.25) is 0 Å². The van der Waals surface area contributed by atoms with Crippen LogP contribution < -0.4 is 10.1 Å². The lowest BCUT2D eigenvalue weighted by atomic mass is 10.2. The summed E-state index contributed by atoms with van der Waals surface area (Å²) in [6.07, 6.45) is -4.66. The molecule has 0 aliphatic heterocycles. The van der Waals surface area contributed by atoms with Gasteiger partial charge in [-0.05, 0) is 6.07 Å². The maximum absolute atomic E-state index is 12.1.